The van der Waals surface area contributed by atoms with Crippen LogP contribution in [-0.4, -0.2) is 58.1 Å². The Labute approximate surface area is 151 Å². The Kier molecular flexibility index (Phi) is 6.30. The van der Waals surface area contributed by atoms with Gasteiger partial charge in [-0.25, -0.2) is 18.2 Å². The molecule has 0 aliphatic carbocycles. The number of terminal acetylenes is 1. The van der Waals surface area contributed by atoms with E-state index in [9.17, 15) is 13.2 Å². The molecule has 2 heterocycles. The summed E-state index contributed by atoms with van der Waals surface area (Å²) in [5.41, 5.74) is 0. The second-order valence-corrected chi connectivity index (χ2v) is 7.85. The van der Waals surface area contributed by atoms with Gasteiger partial charge in [0, 0.05) is 24.5 Å². The first-order valence-electron chi connectivity index (χ1n) is 7.61. The van der Waals surface area contributed by atoms with Gasteiger partial charge in [0.25, 0.3) is 15.2 Å². The average molecular weight is 381 g/mol. The Morgan fingerprint density at radius 1 is 1.40 bits per heavy atom. The molecule has 0 fully saturated rings. The molecule has 0 atom stereocenters. The summed E-state index contributed by atoms with van der Waals surface area (Å²) in [6.07, 6.45) is 6.41. The van der Waals surface area contributed by atoms with Gasteiger partial charge in [0.15, 0.2) is 0 Å². The molecule has 1 amide bonds. The van der Waals surface area contributed by atoms with Crippen LogP contribution in [0.3, 0.4) is 0 Å². The molecule has 0 aliphatic heterocycles. The molecule has 134 valence electrons. The van der Waals surface area contributed by atoms with Gasteiger partial charge in [0.05, 0.1) is 6.54 Å². The lowest BCUT2D eigenvalue weighted by molar-refractivity contribution is 0.201. The van der Waals surface area contributed by atoms with Crippen molar-refractivity contribution in [2.45, 2.75) is 25.5 Å². The molecule has 0 saturated carbocycles. The molecule has 10 heteroatoms. The maximum absolute atomic E-state index is 12.8. The van der Waals surface area contributed by atoms with Crippen LogP contribution in [0.1, 0.15) is 18.7 Å². The number of nitrogens with zero attached hydrogens (tertiary/aromatic N) is 5. The quantitative estimate of drug-likeness (QED) is 0.678. The molecule has 0 unspecified atom stereocenters. The Morgan fingerprint density at radius 3 is 2.68 bits per heavy atom. The van der Waals surface area contributed by atoms with E-state index in [4.69, 9.17) is 6.42 Å². The van der Waals surface area contributed by atoms with E-state index in [1.54, 1.807) is 0 Å². The number of carbonyl (C=O) groups is 1. The number of hydrogen-bond donors (Lipinski definition) is 0. The van der Waals surface area contributed by atoms with Crippen LogP contribution in [0.15, 0.2) is 29.0 Å². The molecule has 0 saturated heterocycles. The van der Waals surface area contributed by atoms with Gasteiger partial charge in [-0.2, -0.15) is 8.99 Å². The van der Waals surface area contributed by atoms with E-state index < -0.39 is 21.2 Å². The lowest BCUT2D eigenvalue weighted by Gasteiger charge is -2.18. The molecule has 2 rings (SSSR count). The van der Waals surface area contributed by atoms with Gasteiger partial charge in [-0.1, -0.05) is 12.0 Å². The SMILES string of the molecule is C#CCN(Cc1cccs1)S(=O)(=O)c1ncn(C(=O)N(CC)CC)n1. The van der Waals surface area contributed by atoms with Crippen LogP contribution >= 0.6 is 11.3 Å². The zero-order valence-electron chi connectivity index (χ0n) is 14.0. The van der Waals surface area contributed by atoms with E-state index in [-0.39, 0.29) is 13.1 Å². The number of rotatable bonds is 7. The maximum atomic E-state index is 12.8. The van der Waals surface area contributed by atoms with E-state index >= 15 is 0 Å². The second-order valence-electron chi connectivity index (χ2n) is 4.98. The summed E-state index contributed by atoms with van der Waals surface area (Å²) in [7, 11) is -4.01. The topological polar surface area (TPSA) is 88.4 Å². The number of carbonyl (C=O) groups excluding carboxylic acids is 1. The number of amides is 1. The van der Waals surface area contributed by atoms with Gasteiger partial charge in [-0.15, -0.1) is 22.9 Å². The van der Waals surface area contributed by atoms with E-state index in [0.717, 1.165) is 20.2 Å². The van der Waals surface area contributed by atoms with Gasteiger partial charge in [-0.05, 0) is 25.3 Å². The monoisotopic (exact) mass is 381 g/mol. The highest BCUT2D eigenvalue weighted by molar-refractivity contribution is 7.88. The van der Waals surface area contributed by atoms with Crippen molar-refractivity contribution in [2.24, 2.45) is 0 Å². The smallest absolute Gasteiger partial charge is 0.323 e. The molecule has 0 aromatic carbocycles. The lowest BCUT2D eigenvalue weighted by atomic mass is 10.4. The van der Waals surface area contributed by atoms with Gasteiger partial charge in [0.2, 0.25) is 0 Å². The van der Waals surface area contributed by atoms with Crippen LogP contribution in [0.5, 0.6) is 0 Å². The van der Waals surface area contributed by atoms with E-state index in [0.29, 0.717) is 13.1 Å². The zero-order chi connectivity index (χ0) is 18.4. The second kappa shape index (κ2) is 8.24. The minimum absolute atomic E-state index is 0.112. The third-order valence-electron chi connectivity index (χ3n) is 3.45. The van der Waals surface area contributed by atoms with E-state index in [1.807, 2.05) is 31.4 Å². The van der Waals surface area contributed by atoms with Crippen LogP contribution in [0.4, 0.5) is 4.79 Å². The highest BCUT2D eigenvalue weighted by Crippen LogP contribution is 2.18. The highest BCUT2D eigenvalue weighted by Gasteiger charge is 2.29. The zero-order valence-corrected chi connectivity index (χ0v) is 15.6. The fourth-order valence-electron chi connectivity index (χ4n) is 2.12. The Balaban J connectivity index is 2.28. The van der Waals surface area contributed by atoms with Crippen molar-refractivity contribution < 1.29 is 13.2 Å². The van der Waals surface area contributed by atoms with Gasteiger partial charge >= 0.3 is 6.03 Å². The van der Waals surface area contributed by atoms with Gasteiger partial charge in [0.1, 0.15) is 6.33 Å². The molecular weight excluding hydrogens is 362 g/mol. The van der Waals surface area contributed by atoms with Crippen molar-refractivity contribution in [1.82, 2.24) is 24.0 Å². The first-order chi connectivity index (χ1) is 11.9. The summed E-state index contributed by atoms with van der Waals surface area (Å²) < 4.78 is 27.6. The van der Waals surface area contributed by atoms with Crippen molar-refractivity contribution >= 4 is 27.4 Å². The number of thiophene rings is 1. The fraction of sp³-hybridized carbons (Fsp3) is 0.400. The largest absolute Gasteiger partial charge is 0.346 e. The van der Waals surface area contributed by atoms with E-state index in [1.165, 1.54) is 16.2 Å². The van der Waals surface area contributed by atoms with Gasteiger partial charge < -0.3 is 4.90 Å². The van der Waals surface area contributed by atoms with Crippen molar-refractivity contribution in [3.05, 3.63) is 28.7 Å². The van der Waals surface area contributed by atoms with Crippen LogP contribution in [0.25, 0.3) is 0 Å². The van der Waals surface area contributed by atoms with Crippen molar-refractivity contribution in [2.75, 3.05) is 19.6 Å². The van der Waals surface area contributed by atoms with E-state index in [2.05, 4.69) is 16.0 Å². The maximum Gasteiger partial charge on any atom is 0.346 e. The molecule has 2 aromatic rings. The van der Waals surface area contributed by atoms with Crippen LogP contribution in [0.2, 0.25) is 0 Å². The first kappa shape index (κ1) is 19.1. The highest BCUT2D eigenvalue weighted by atomic mass is 32.2. The summed E-state index contributed by atoms with van der Waals surface area (Å²) in [5, 5.41) is 5.26. The van der Waals surface area contributed by atoms with Gasteiger partial charge in [-0.3, -0.25) is 0 Å². The molecule has 2 aromatic heterocycles. The Hall–Kier alpha value is -2.22. The number of hydrogen-bond acceptors (Lipinski definition) is 6. The number of aromatic nitrogens is 3. The molecule has 0 radical (unpaired) electrons. The minimum atomic E-state index is -4.01. The van der Waals surface area contributed by atoms with Crippen molar-refractivity contribution in [1.29, 1.82) is 0 Å². The normalized spacial score (nSPS) is 11.4. The van der Waals surface area contributed by atoms with Crippen molar-refractivity contribution in [3.8, 4) is 12.3 Å². The Morgan fingerprint density at radius 2 is 2.12 bits per heavy atom. The van der Waals surface area contributed by atoms with Crippen LogP contribution in [0, 0.1) is 12.3 Å². The molecule has 0 bridgehead atoms. The molecule has 8 nitrogen and oxygen atoms in total. The summed E-state index contributed by atoms with van der Waals surface area (Å²) in [6, 6.07) is 3.22. The third-order valence-corrected chi connectivity index (χ3v) is 5.90. The fourth-order valence-corrected chi connectivity index (χ4v) is 4.07. The summed E-state index contributed by atoms with van der Waals surface area (Å²) >= 11 is 1.43. The third kappa shape index (κ3) is 4.25. The lowest BCUT2D eigenvalue weighted by Crippen LogP contribution is -2.35. The minimum Gasteiger partial charge on any atom is -0.323 e. The molecule has 25 heavy (non-hydrogen) atoms. The van der Waals surface area contributed by atoms with Crippen LogP contribution < -0.4 is 0 Å². The summed E-state index contributed by atoms with van der Waals surface area (Å²) in [6.45, 7) is 4.64. The Bertz CT molecular complexity index is 848. The summed E-state index contributed by atoms with van der Waals surface area (Å²) in [4.78, 5) is 18.4. The molecule has 0 spiro atoms. The standard InChI is InChI=1S/C15H19N5O3S2/c1-4-9-19(11-13-8-7-10-24-13)25(22,23)14-16-12-20(17-14)15(21)18(5-2)6-3/h1,7-8,10,12H,5-6,9,11H2,2-3H3. The predicted octanol–water partition coefficient (Wildman–Crippen LogP) is 1.47. The number of sulfonamides is 1. The van der Waals surface area contributed by atoms with Crippen LogP contribution in [-0.2, 0) is 16.6 Å². The average Bonchev–Trinajstić information content (AvgIpc) is 3.27. The molecule has 0 N–H and O–H groups in total. The summed E-state index contributed by atoms with van der Waals surface area (Å²) in [5.74, 6) is 2.34. The predicted molar refractivity (Wildman–Crippen MR) is 94.5 cm³/mol. The molecule has 0 aliphatic rings. The first-order valence-corrected chi connectivity index (χ1v) is 9.92. The van der Waals surface area contributed by atoms with Crippen molar-refractivity contribution in [3.63, 3.8) is 0 Å². The molecular formula is C15H19N5O3S2.